The molecular weight excluding hydrogens is 292 g/mol. The fourth-order valence-electron chi connectivity index (χ4n) is 2.97. The molecule has 7 heteroatoms. The van der Waals surface area contributed by atoms with Crippen molar-refractivity contribution in [1.82, 2.24) is 30.2 Å². The lowest BCUT2D eigenvalue weighted by Gasteiger charge is -2.32. The van der Waals surface area contributed by atoms with Gasteiger partial charge in [0.15, 0.2) is 0 Å². The Balaban J connectivity index is 1.49. The average molecular weight is 314 g/mol. The van der Waals surface area contributed by atoms with Crippen molar-refractivity contribution in [3.63, 3.8) is 0 Å². The lowest BCUT2D eigenvalue weighted by molar-refractivity contribution is 0.0925. The van der Waals surface area contributed by atoms with Crippen molar-refractivity contribution >= 4 is 5.91 Å². The molecule has 1 fully saturated rings. The van der Waals surface area contributed by atoms with E-state index in [1.54, 1.807) is 18.6 Å². The smallest absolute Gasteiger partial charge is 0.270 e. The zero-order valence-electron chi connectivity index (χ0n) is 13.3. The molecule has 0 saturated carbocycles. The van der Waals surface area contributed by atoms with E-state index in [2.05, 4.69) is 30.2 Å². The van der Waals surface area contributed by atoms with E-state index in [1.807, 2.05) is 6.92 Å². The number of carbonyl (C=O) groups excluding carboxylic acids is 1. The van der Waals surface area contributed by atoms with E-state index in [0.717, 1.165) is 43.9 Å². The Labute approximate surface area is 135 Å². The first-order valence-corrected chi connectivity index (χ1v) is 7.98. The number of rotatable bonds is 5. The van der Waals surface area contributed by atoms with Crippen LogP contribution in [0.15, 0.2) is 24.9 Å². The summed E-state index contributed by atoms with van der Waals surface area (Å²) in [5.41, 5.74) is 2.65. The lowest BCUT2D eigenvalue weighted by Crippen LogP contribution is -2.40. The van der Waals surface area contributed by atoms with Gasteiger partial charge < -0.3 is 10.3 Å². The minimum atomic E-state index is -0.132. The van der Waals surface area contributed by atoms with Crippen LogP contribution in [-0.2, 0) is 6.54 Å². The highest BCUT2D eigenvalue weighted by Crippen LogP contribution is 2.18. The molecule has 3 heterocycles. The number of hydrogen-bond acceptors (Lipinski definition) is 5. The van der Waals surface area contributed by atoms with Crippen LogP contribution in [0.4, 0.5) is 0 Å². The van der Waals surface area contributed by atoms with Gasteiger partial charge in [0.25, 0.3) is 5.91 Å². The Kier molecular flexibility index (Phi) is 4.97. The molecule has 0 aliphatic carbocycles. The number of aryl methyl sites for hydroxylation is 1. The maximum absolute atomic E-state index is 12.0. The van der Waals surface area contributed by atoms with Crippen LogP contribution in [0.3, 0.4) is 0 Å². The zero-order chi connectivity index (χ0) is 16.1. The fourth-order valence-corrected chi connectivity index (χ4v) is 2.97. The van der Waals surface area contributed by atoms with Crippen molar-refractivity contribution in [1.29, 1.82) is 0 Å². The number of aromatic amines is 1. The van der Waals surface area contributed by atoms with Gasteiger partial charge in [-0.3, -0.25) is 9.69 Å². The van der Waals surface area contributed by atoms with E-state index in [-0.39, 0.29) is 5.91 Å². The number of nitrogens with one attached hydrogen (secondary N) is 2. The average Bonchev–Trinajstić information content (AvgIpc) is 2.99. The van der Waals surface area contributed by atoms with Crippen molar-refractivity contribution < 1.29 is 4.79 Å². The van der Waals surface area contributed by atoms with Gasteiger partial charge in [0, 0.05) is 31.5 Å². The summed E-state index contributed by atoms with van der Waals surface area (Å²) in [6.45, 7) is 5.66. The SMILES string of the molecule is Cc1[nH]cnc1CN1CCC[C@@H](CNC(=O)c2ccncn2)C1. The summed E-state index contributed by atoms with van der Waals surface area (Å²) in [4.78, 5) is 29.7. The third-order valence-electron chi connectivity index (χ3n) is 4.28. The molecule has 1 amide bonds. The maximum atomic E-state index is 12.0. The molecule has 0 aromatic carbocycles. The van der Waals surface area contributed by atoms with Crippen LogP contribution in [0.25, 0.3) is 0 Å². The number of H-pyrrole nitrogens is 1. The van der Waals surface area contributed by atoms with Gasteiger partial charge in [0.05, 0.1) is 12.0 Å². The van der Waals surface area contributed by atoms with Gasteiger partial charge in [0.1, 0.15) is 12.0 Å². The number of aromatic nitrogens is 4. The van der Waals surface area contributed by atoms with Crippen LogP contribution in [0.5, 0.6) is 0 Å². The normalized spacial score (nSPS) is 18.7. The zero-order valence-corrected chi connectivity index (χ0v) is 13.3. The van der Waals surface area contributed by atoms with Crippen LogP contribution >= 0.6 is 0 Å². The monoisotopic (exact) mass is 314 g/mol. The summed E-state index contributed by atoms with van der Waals surface area (Å²) in [6, 6.07) is 1.63. The highest BCUT2D eigenvalue weighted by molar-refractivity contribution is 5.92. The van der Waals surface area contributed by atoms with E-state index in [4.69, 9.17) is 0 Å². The molecule has 2 aromatic rings. The first-order chi connectivity index (χ1) is 11.2. The van der Waals surface area contributed by atoms with E-state index in [0.29, 0.717) is 18.2 Å². The molecule has 2 N–H and O–H groups in total. The molecule has 0 spiro atoms. The number of carbonyl (C=O) groups is 1. The number of amides is 1. The number of piperidine rings is 1. The van der Waals surface area contributed by atoms with Crippen molar-refractivity contribution in [2.75, 3.05) is 19.6 Å². The summed E-state index contributed by atoms with van der Waals surface area (Å²) in [5.74, 6) is 0.335. The van der Waals surface area contributed by atoms with E-state index >= 15 is 0 Å². The highest BCUT2D eigenvalue weighted by Gasteiger charge is 2.21. The minimum absolute atomic E-state index is 0.132. The lowest BCUT2D eigenvalue weighted by atomic mass is 9.97. The van der Waals surface area contributed by atoms with Gasteiger partial charge in [-0.2, -0.15) is 0 Å². The van der Waals surface area contributed by atoms with Gasteiger partial charge in [-0.25, -0.2) is 15.0 Å². The van der Waals surface area contributed by atoms with E-state index in [1.165, 1.54) is 6.33 Å². The molecule has 3 rings (SSSR count). The van der Waals surface area contributed by atoms with E-state index < -0.39 is 0 Å². The van der Waals surface area contributed by atoms with Crippen LogP contribution in [0, 0.1) is 12.8 Å². The summed E-state index contributed by atoms with van der Waals surface area (Å²) in [5, 5.41) is 2.98. The maximum Gasteiger partial charge on any atom is 0.270 e. The second-order valence-electron chi connectivity index (χ2n) is 6.02. The third-order valence-corrected chi connectivity index (χ3v) is 4.28. The number of imidazole rings is 1. The largest absolute Gasteiger partial charge is 0.350 e. The standard InChI is InChI=1S/C16H22N6O/c1-12-15(21-11-19-12)9-22-6-2-3-13(8-22)7-18-16(23)14-4-5-17-10-20-14/h4-5,10-11,13H,2-3,6-9H2,1H3,(H,18,23)(H,19,21)/t13-/m0/s1. The summed E-state index contributed by atoms with van der Waals surface area (Å²) in [6.07, 6.45) is 7.01. The number of hydrogen-bond donors (Lipinski definition) is 2. The van der Waals surface area contributed by atoms with Crippen LogP contribution < -0.4 is 5.32 Å². The number of likely N-dealkylation sites (tertiary alicyclic amines) is 1. The molecule has 0 radical (unpaired) electrons. The third kappa shape index (κ3) is 4.13. The van der Waals surface area contributed by atoms with Crippen LogP contribution in [0.2, 0.25) is 0 Å². The Morgan fingerprint density at radius 1 is 1.48 bits per heavy atom. The predicted molar refractivity (Wildman–Crippen MR) is 85.7 cm³/mol. The fraction of sp³-hybridized carbons (Fsp3) is 0.500. The van der Waals surface area contributed by atoms with Gasteiger partial charge in [-0.1, -0.05) is 0 Å². The summed E-state index contributed by atoms with van der Waals surface area (Å²) >= 11 is 0. The van der Waals surface area contributed by atoms with Crippen molar-refractivity contribution in [2.45, 2.75) is 26.3 Å². The molecule has 7 nitrogen and oxygen atoms in total. The molecule has 1 aliphatic heterocycles. The van der Waals surface area contributed by atoms with Gasteiger partial charge in [0.2, 0.25) is 0 Å². The van der Waals surface area contributed by atoms with Crippen LogP contribution in [0.1, 0.15) is 34.7 Å². The quantitative estimate of drug-likeness (QED) is 0.864. The first kappa shape index (κ1) is 15.6. The van der Waals surface area contributed by atoms with Gasteiger partial charge in [-0.15, -0.1) is 0 Å². The molecule has 2 aromatic heterocycles. The Morgan fingerprint density at radius 2 is 2.39 bits per heavy atom. The Morgan fingerprint density at radius 3 is 3.13 bits per heavy atom. The van der Waals surface area contributed by atoms with Gasteiger partial charge >= 0.3 is 0 Å². The van der Waals surface area contributed by atoms with E-state index in [9.17, 15) is 4.79 Å². The minimum Gasteiger partial charge on any atom is -0.350 e. The summed E-state index contributed by atoms with van der Waals surface area (Å²) < 4.78 is 0. The molecule has 122 valence electrons. The molecular formula is C16H22N6O. The van der Waals surface area contributed by atoms with Crippen molar-refractivity contribution in [3.8, 4) is 0 Å². The first-order valence-electron chi connectivity index (χ1n) is 7.98. The summed E-state index contributed by atoms with van der Waals surface area (Å²) in [7, 11) is 0. The Bertz CT molecular complexity index is 641. The van der Waals surface area contributed by atoms with Gasteiger partial charge in [-0.05, 0) is 38.3 Å². The molecule has 1 atom stereocenters. The van der Waals surface area contributed by atoms with Crippen molar-refractivity contribution in [2.24, 2.45) is 5.92 Å². The Hall–Kier alpha value is -2.28. The van der Waals surface area contributed by atoms with Crippen LogP contribution in [-0.4, -0.2) is 50.4 Å². The number of nitrogens with zero attached hydrogens (tertiary/aromatic N) is 4. The second-order valence-corrected chi connectivity index (χ2v) is 6.02. The van der Waals surface area contributed by atoms with Crippen molar-refractivity contribution in [3.05, 3.63) is 42.0 Å². The molecule has 23 heavy (non-hydrogen) atoms. The second kappa shape index (κ2) is 7.32. The molecule has 1 saturated heterocycles. The molecule has 0 unspecified atom stereocenters. The predicted octanol–water partition coefficient (Wildman–Crippen LogP) is 1.15. The molecule has 1 aliphatic rings. The highest BCUT2D eigenvalue weighted by atomic mass is 16.1. The topological polar surface area (TPSA) is 86.8 Å². The molecule has 0 bridgehead atoms.